The molecule has 0 bridgehead atoms. The van der Waals surface area contributed by atoms with E-state index in [1.54, 1.807) is 36.4 Å². The molecular weight excluding hydrogens is 377 g/mol. The number of nitrogens with one attached hydrogen (secondary N) is 1. The van der Waals surface area contributed by atoms with Crippen molar-refractivity contribution in [3.05, 3.63) is 62.1 Å². The summed E-state index contributed by atoms with van der Waals surface area (Å²) in [7, 11) is 0. The first-order valence-electron chi connectivity index (χ1n) is 6.38. The number of pyridine rings is 1. The second kappa shape index (κ2) is 6.93. The highest BCUT2D eigenvalue weighted by atomic mass is 35.5. The van der Waals surface area contributed by atoms with Crippen molar-refractivity contribution in [2.75, 3.05) is 0 Å². The smallest absolute Gasteiger partial charge is 0.264 e. The summed E-state index contributed by atoms with van der Waals surface area (Å²) in [5, 5.41) is 4.57. The van der Waals surface area contributed by atoms with Gasteiger partial charge in [0, 0.05) is 21.8 Å². The van der Waals surface area contributed by atoms with Crippen molar-refractivity contribution in [3.8, 4) is 0 Å². The predicted octanol–water partition coefficient (Wildman–Crippen LogP) is 4.93. The van der Waals surface area contributed by atoms with Gasteiger partial charge in [-0.3, -0.25) is 4.79 Å². The fourth-order valence-electron chi connectivity index (χ4n) is 1.80. The van der Waals surface area contributed by atoms with E-state index in [-0.39, 0.29) is 5.91 Å². The number of aliphatic imine (C=N–C) groups is 1. The van der Waals surface area contributed by atoms with E-state index in [1.807, 2.05) is 0 Å². The van der Waals surface area contributed by atoms with Gasteiger partial charge in [0.05, 0.1) is 9.93 Å². The zero-order valence-corrected chi connectivity index (χ0v) is 14.5. The zero-order valence-electron chi connectivity index (χ0n) is 11.4. The predicted molar refractivity (Wildman–Crippen MR) is 96.5 cm³/mol. The first-order valence-corrected chi connectivity index (χ1v) is 8.33. The summed E-state index contributed by atoms with van der Waals surface area (Å²) in [5.41, 5.74) is 0.597. The second-order valence-electron chi connectivity index (χ2n) is 4.45. The molecule has 3 rings (SSSR count). The lowest BCUT2D eigenvalue weighted by atomic mass is 10.2. The Morgan fingerprint density at radius 1 is 1.13 bits per heavy atom. The van der Waals surface area contributed by atoms with Gasteiger partial charge in [-0.1, -0.05) is 40.9 Å². The molecule has 23 heavy (non-hydrogen) atoms. The van der Waals surface area contributed by atoms with E-state index in [9.17, 15) is 4.79 Å². The third-order valence-corrected chi connectivity index (χ3v) is 4.65. The lowest BCUT2D eigenvalue weighted by Gasteiger charge is -2.01. The van der Waals surface area contributed by atoms with Crippen LogP contribution < -0.4 is 5.32 Å². The van der Waals surface area contributed by atoms with Gasteiger partial charge < -0.3 is 5.32 Å². The molecule has 1 fully saturated rings. The summed E-state index contributed by atoms with van der Waals surface area (Å²) in [6.07, 6.45) is 3.13. The Kier molecular flexibility index (Phi) is 4.92. The largest absolute Gasteiger partial charge is 0.300 e. The van der Waals surface area contributed by atoms with Crippen molar-refractivity contribution in [3.63, 3.8) is 0 Å². The van der Waals surface area contributed by atoms with Crippen molar-refractivity contribution in [1.82, 2.24) is 10.3 Å². The van der Waals surface area contributed by atoms with Crippen LogP contribution in [0.2, 0.25) is 15.1 Å². The van der Waals surface area contributed by atoms with Crippen LogP contribution in [0.3, 0.4) is 0 Å². The summed E-state index contributed by atoms with van der Waals surface area (Å²) in [5.74, 6) is 0.188. The molecule has 2 aromatic rings. The number of amidine groups is 1. The number of amides is 1. The average Bonchev–Trinajstić information content (AvgIpc) is 2.85. The van der Waals surface area contributed by atoms with E-state index >= 15 is 0 Å². The van der Waals surface area contributed by atoms with E-state index in [4.69, 9.17) is 34.8 Å². The Morgan fingerprint density at radius 3 is 2.52 bits per heavy atom. The highest BCUT2D eigenvalue weighted by Crippen LogP contribution is 2.32. The number of nitrogens with zero attached hydrogens (tertiary/aromatic N) is 2. The molecule has 1 aromatic heterocycles. The van der Waals surface area contributed by atoms with E-state index in [0.717, 1.165) is 0 Å². The molecule has 1 N–H and O–H groups in total. The van der Waals surface area contributed by atoms with Crippen LogP contribution in [0.1, 0.15) is 5.56 Å². The Bertz CT molecular complexity index is 814. The van der Waals surface area contributed by atoms with Crippen molar-refractivity contribution in [1.29, 1.82) is 0 Å². The number of benzene rings is 1. The van der Waals surface area contributed by atoms with Crippen LogP contribution in [0.4, 0.5) is 5.82 Å². The summed E-state index contributed by atoms with van der Waals surface area (Å²) >= 11 is 19.2. The number of thioether (sulfide) groups is 1. The molecule has 1 amide bonds. The SMILES string of the molecule is O=C1NC(=Nc2ccc(Cl)cn2)S/C1=C\c1c(Cl)cccc1Cl. The van der Waals surface area contributed by atoms with Crippen LogP contribution in [0.15, 0.2) is 46.4 Å². The van der Waals surface area contributed by atoms with Gasteiger partial charge in [0.25, 0.3) is 5.91 Å². The molecule has 116 valence electrons. The minimum atomic E-state index is -0.265. The zero-order chi connectivity index (χ0) is 16.4. The average molecular weight is 385 g/mol. The molecule has 1 aliphatic rings. The maximum absolute atomic E-state index is 12.0. The minimum Gasteiger partial charge on any atom is -0.300 e. The van der Waals surface area contributed by atoms with Gasteiger partial charge in [-0.15, -0.1) is 0 Å². The monoisotopic (exact) mass is 383 g/mol. The Hall–Kier alpha value is -1.53. The fraction of sp³-hybridized carbons (Fsp3) is 0. The number of carbonyl (C=O) groups excluding carboxylic acids is 1. The van der Waals surface area contributed by atoms with Gasteiger partial charge >= 0.3 is 0 Å². The van der Waals surface area contributed by atoms with Crippen LogP contribution in [0.25, 0.3) is 6.08 Å². The van der Waals surface area contributed by atoms with Gasteiger partial charge in [-0.05, 0) is 42.1 Å². The molecule has 0 spiro atoms. The van der Waals surface area contributed by atoms with E-state index in [1.165, 1.54) is 18.0 Å². The summed E-state index contributed by atoms with van der Waals surface area (Å²) in [4.78, 5) is 20.8. The standard InChI is InChI=1S/C15H8Cl3N3OS/c16-8-4-5-13(19-7-8)20-15-21-14(22)12(23-15)6-9-10(17)2-1-3-11(9)18/h1-7H,(H,19,20,21,22)/b12-6-. The molecule has 0 aliphatic carbocycles. The Morgan fingerprint density at radius 2 is 1.87 bits per heavy atom. The highest BCUT2D eigenvalue weighted by Gasteiger charge is 2.24. The Labute approximate surface area is 151 Å². The van der Waals surface area contributed by atoms with Gasteiger partial charge in [0.2, 0.25) is 0 Å². The number of rotatable bonds is 2. The molecule has 1 aliphatic heterocycles. The van der Waals surface area contributed by atoms with Crippen LogP contribution >= 0.6 is 46.6 Å². The number of aromatic nitrogens is 1. The number of carbonyl (C=O) groups is 1. The van der Waals surface area contributed by atoms with E-state index < -0.39 is 0 Å². The van der Waals surface area contributed by atoms with Crippen LogP contribution in [0.5, 0.6) is 0 Å². The summed E-state index contributed by atoms with van der Waals surface area (Å²) in [6.45, 7) is 0. The lowest BCUT2D eigenvalue weighted by molar-refractivity contribution is -0.115. The van der Waals surface area contributed by atoms with Crippen molar-refractivity contribution >= 4 is 69.5 Å². The molecular formula is C15H8Cl3N3OS. The quantitative estimate of drug-likeness (QED) is 0.747. The molecule has 1 aromatic carbocycles. The van der Waals surface area contributed by atoms with Crippen molar-refractivity contribution < 1.29 is 4.79 Å². The van der Waals surface area contributed by atoms with Crippen LogP contribution in [-0.4, -0.2) is 16.1 Å². The van der Waals surface area contributed by atoms with Gasteiger partial charge in [0.1, 0.15) is 0 Å². The topological polar surface area (TPSA) is 54.4 Å². The number of hydrogen-bond acceptors (Lipinski definition) is 4. The molecule has 0 radical (unpaired) electrons. The number of halogens is 3. The Balaban J connectivity index is 1.88. The maximum atomic E-state index is 12.0. The summed E-state index contributed by atoms with van der Waals surface area (Å²) in [6, 6.07) is 8.51. The first kappa shape index (κ1) is 16.3. The molecule has 8 heteroatoms. The maximum Gasteiger partial charge on any atom is 0.264 e. The molecule has 0 saturated carbocycles. The molecule has 2 heterocycles. The molecule has 1 saturated heterocycles. The van der Waals surface area contributed by atoms with Gasteiger partial charge in [0.15, 0.2) is 11.0 Å². The first-order chi connectivity index (χ1) is 11.0. The second-order valence-corrected chi connectivity index (χ2v) is 6.73. The normalized spacial score (nSPS) is 17.8. The third kappa shape index (κ3) is 3.87. The highest BCUT2D eigenvalue weighted by molar-refractivity contribution is 8.18. The van der Waals surface area contributed by atoms with E-state index in [2.05, 4.69) is 15.3 Å². The van der Waals surface area contributed by atoms with Gasteiger partial charge in [-0.25, -0.2) is 9.98 Å². The van der Waals surface area contributed by atoms with Crippen LogP contribution in [-0.2, 0) is 4.79 Å². The number of hydrogen-bond donors (Lipinski definition) is 1. The lowest BCUT2D eigenvalue weighted by Crippen LogP contribution is -2.19. The van der Waals surface area contributed by atoms with Crippen LogP contribution in [0, 0.1) is 0 Å². The third-order valence-electron chi connectivity index (χ3n) is 2.85. The van der Waals surface area contributed by atoms with Crippen molar-refractivity contribution in [2.45, 2.75) is 0 Å². The fourth-order valence-corrected chi connectivity index (χ4v) is 3.23. The van der Waals surface area contributed by atoms with E-state index in [0.29, 0.717) is 36.5 Å². The van der Waals surface area contributed by atoms with Gasteiger partial charge in [-0.2, -0.15) is 0 Å². The summed E-state index contributed by atoms with van der Waals surface area (Å²) < 4.78 is 0. The van der Waals surface area contributed by atoms with Crippen molar-refractivity contribution in [2.24, 2.45) is 4.99 Å². The minimum absolute atomic E-state index is 0.265. The molecule has 0 atom stereocenters. The molecule has 4 nitrogen and oxygen atoms in total. The molecule has 0 unspecified atom stereocenters.